The van der Waals surface area contributed by atoms with E-state index in [1.807, 2.05) is 36.4 Å². The van der Waals surface area contributed by atoms with E-state index >= 15 is 0 Å². The largest absolute Gasteiger partial charge is 0.457 e. The summed E-state index contributed by atoms with van der Waals surface area (Å²) in [5, 5.41) is 0. The average molecular weight is 352 g/mol. The maximum atomic E-state index is 5.83. The van der Waals surface area contributed by atoms with Crippen molar-refractivity contribution in [3.63, 3.8) is 0 Å². The highest BCUT2D eigenvalue weighted by molar-refractivity contribution is 14.1. The van der Waals surface area contributed by atoms with E-state index in [0.717, 1.165) is 17.9 Å². The topological polar surface area (TPSA) is 9.23 Å². The van der Waals surface area contributed by atoms with Crippen molar-refractivity contribution in [1.82, 2.24) is 0 Å². The molecule has 0 aromatic heterocycles. The molecule has 0 amide bonds. The third-order valence-corrected chi connectivity index (χ3v) is 4.23. The van der Waals surface area contributed by atoms with Gasteiger partial charge in [0.1, 0.15) is 11.5 Å². The van der Waals surface area contributed by atoms with E-state index in [1.54, 1.807) is 0 Å². The quantitative estimate of drug-likeness (QED) is 0.538. The van der Waals surface area contributed by atoms with E-state index in [1.165, 1.54) is 9.99 Å². The molecule has 1 nitrogen and oxygen atoms in total. The van der Waals surface area contributed by atoms with Crippen LogP contribution in [0.15, 0.2) is 54.6 Å². The van der Waals surface area contributed by atoms with Gasteiger partial charge in [0, 0.05) is 4.43 Å². The zero-order valence-electron chi connectivity index (χ0n) is 10.5. The van der Waals surface area contributed by atoms with Gasteiger partial charge in [-0.05, 0) is 42.2 Å². The van der Waals surface area contributed by atoms with Crippen LogP contribution in [0.5, 0.6) is 11.5 Å². The fourth-order valence-corrected chi connectivity index (χ4v) is 2.13. The van der Waals surface area contributed by atoms with E-state index in [0.29, 0.717) is 5.92 Å². The third kappa shape index (κ3) is 4.02. The van der Waals surface area contributed by atoms with Crippen LogP contribution in [0.3, 0.4) is 0 Å². The minimum Gasteiger partial charge on any atom is -0.457 e. The lowest BCUT2D eigenvalue weighted by Crippen LogP contribution is -2.00. The molecule has 0 N–H and O–H groups in total. The van der Waals surface area contributed by atoms with Gasteiger partial charge in [-0.3, -0.25) is 0 Å². The molecular formula is C16H17IO. The van der Waals surface area contributed by atoms with E-state index in [2.05, 4.69) is 47.7 Å². The fourth-order valence-electron chi connectivity index (χ4n) is 1.82. The maximum Gasteiger partial charge on any atom is 0.127 e. The van der Waals surface area contributed by atoms with Crippen LogP contribution in [-0.2, 0) is 6.42 Å². The summed E-state index contributed by atoms with van der Waals surface area (Å²) >= 11 is 2.44. The van der Waals surface area contributed by atoms with Crippen molar-refractivity contribution in [2.75, 3.05) is 4.43 Å². The fraction of sp³-hybridized carbons (Fsp3) is 0.250. The second-order valence-corrected chi connectivity index (χ2v) is 5.41. The summed E-state index contributed by atoms with van der Waals surface area (Å²) in [6.45, 7) is 2.27. The minimum absolute atomic E-state index is 0.706. The van der Waals surface area contributed by atoms with Gasteiger partial charge in [0.05, 0.1) is 0 Å². The molecule has 2 aromatic rings. The number of alkyl halides is 1. The molecule has 0 aliphatic carbocycles. The Kier molecular flexibility index (Phi) is 5.05. The predicted octanol–water partition coefficient (Wildman–Crippen LogP) is 5.09. The molecule has 0 radical (unpaired) electrons. The number of benzene rings is 2. The van der Waals surface area contributed by atoms with Crippen LogP contribution in [0.4, 0.5) is 0 Å². The second-order valence-electron chi connectivity index (χ2n) is 4.53. The Morgan fingerprint density at radius 1 is 1.00 bits per heavy atom. The average Bonchev–Trinajstić information content (AvgIpc) is 2.40. The van der Waals surface area contributed by atoms with Gasteiger partial charge < -0.3 is 4.74 Å². The Balaban J connectivity index is 2.08. The molecule has 1 atom stereocenters. The van der Waals surface area contributed by atoms with Gasteiger partial charge in [0.25, 0.3) is 0 Å². The molecule has 0 bridgehead atoms. The van der Waals surface area contributed by atoms with Crippen LogP contribution in [-0.4, -0.2) is 4.43 Å². The maximum absolute atomic E-state index is 5.83. The molecule has 94 valence electrons. The second kappa shape index (κ2) is 6.78. The Labute approximate surface area is 122 Å². The highest BCUT2D eigenvalue weighted by Crippen LogP contribution is 2.23. The lowest BCUT2D eigenvalue weighted by Gasteiger charge is -2.10. The summed E-state index contributed by atoms with van der Waals surface area (Å²) in [4.78, 5) is 0. The Morgan fingerprint density at radius 3 is 2.44 bits per heavy atom. The summed E-state index contributed by atoms with van der Waals surface area (Å²) in [6.07, 6.45) is 1.11. The van der Waals surface area contributed by atoms with E-state index < -0.39 is 0 Å². The van der Waals surface area contributed by atoms with Gasteiger partial charge in [0.2, 0.25) is 0 Å². The molecule has 18 heavy (non-hydrogen) atoms. The summed E-state index contributed by atoms with van der Waals surface area (Å²) in [6, 6.07) is 18.3. The van der Waals surface area contributed by atoms with Gasteiger partial charge in [0.15, 0.2) is 0 Å². The SMILES string of the molecule is CC(CI)Cc1cccc(Oc2ccccc2)c1. The monoisotopic (exact) mass is 352 g/mol. The molecule has 0 spiro atoms. The Bertz CT molecular complexity index is 481. The summed E-state index contributed by atoms with van der Waals surface area (Å²) in [7, 11) is 0. The highest BCUT2D eigenvalue weighted by Gasteiger charge is 2.03. The molecule has 0 heterocycles. The smallest absolute Gasteiger partial charge is 0.127 e. The number of hydrogen-bond donors (Lipinski definition) is 0. The molecule has 0 saturated carbocycles. The minimum atomic E-state index is 0.706. The van der Waals surface area contributed by atoms with Crippen molar-refractivity contribution in [2.45, 2.75) is 13.3 Å². The zero-order chi connectivity index (χ0) is 12.8. The van der Waals surface area contributed by atoms with Crippen LogP contribution in [0, 0.1) is 5.92 Å². The zero-order valence-corrected chi connectivity index (χ0v) is 12.6. The van der Waals surface area contributed by atoms with Crippen molar-refractivity contribution < 1.29 is 4.74 Å². The van der Waals surface area contributed by atoms with E-state index in [-0.39, 0.29) is 0 Å². The van der Waals surface area contributed by atoms with Crippen molar-refractivity contribution in [1.29, 1.82) is 0 Å². The Morgan fingerprint density at radius 2 is 1.72 bits per heavy atom. The molecule has 2 heteroatoms. The molecular weight excluding hydrogens is 335 g/mol. The summed E-state index contributed by atoms with van der Waals surface area (Å²) in [5.74, 6) is 2.51. The van der Waals surface area contributed by atoms with Gasteiger partial charge in [-0.1, -0.05) is 59.8 Å². The third-order valence-electron chi connectivity index (χ3n) is 2.72. The molecule has 0 aliphatic heterocycles. The van der Waals surface area contributed by atoms with E-state index in [4.69, 9.17) is 4.74 Å². The van der Waals surface area contributed by atoms with Crippen LogP contribution in [0.25, 0.3) is 0 Å². The molecule has 0 fully saturated rings. The van der Waals surface area contributed by atoms with Gasteiger partial charge >= 0.3 is 0 Å². The first-order valence-electron chi connectivity index (χ1n) is 6.15. The first-order valence-corrected chi connectivity index (χ1v) is 7.68. The molecule has 2 aromatic carbocycles. The van der Waals surface area contributed by atoms with Gasteiger partial charge in [-0.25, -0.2) is 0 Å². The number of hydrogen-bond acceptors (Lipinski definition) is 1. The highest BCUT2D eigenvalue weighted by atomic mass is 127. The van der Waals surface area contributed by atoms with Crippen molar-refractivity contribution in [2.24, 2.45) is 5.92 Å². The standard InChI is InChI=1S/C16H17IO/c1-13(12-17)10-14-6-5-9-16(11-14)18-15-7-3-2-4-8-15/h2-9,11,13H,10,12H2,1H3. The molecule has 0 aliphatic rings. The Hall–Kier alpha value is -1.03. The number of halogens is 1. The van der Waals surface area contributed by atoms with Crippen molar-refractivity contribution in [3.05, 3.63) is 60.2 Å². The lowest BCUT2D eigenvalue weighted by atomic mass is 10.0. The van der Waals surface area contributed by atoms with Gasteiger partial charge in [-0.15, -0.1) is 0 Å². The van der Waals surface area contributed by atoms with Crippen molar-refractivity contribution >= 4 is 22.6 Å². The predicted molar refractivity (Wildman–Crippen MR) is 84.7 cm³/mol. The number of ether oxygens (including phenoxy) is 1. The van der Waals surface area contributed by atoms with Crippen LogP contribution in [0.1, 0.15) is 12.5 Å². The first-order chi connectivity index (χ1) is 8.78. The van der Waals surface area contributed by atoms with Crippen LogP contribution < -0.4 is 4.74 Å². The van der Waals surface area contributed by atoms with E-state index in [9.17, 15) is 0 Å². The van der Waals surface area contributed by atoms with Crippen LogP contribution >= 0.6 is 22.6 Å². The normalized spacial score (nSPS) is 12.1. The number of rotatable bonds is 5. The van der Waals surface area contributed by atoms with Gasteiger partial charge in [-0.2, -0.15) is 0 Å². The summed E-state index contributed by atoms with van der Waals surface area (Å²) in [5.41, 5.74) is 1.34. The lowest BCUT2D eigenvalue weighted by molar-refractivity contribution is 0.481. The first kappa shape index (κ1) is 13.4. The van der Waals surface area contributed by atoms with Crippen molar-refractivity contribution in [3.8, 4) is 11.5 Å². The van der Waals surface area contributed by atoms with Crippen LogP contribution in [0.2, 0.25) is 0 Å². The number of para-hydroxylation sites is 1. The molecule has 2 rings (SSSR count). The summed E-state index contributed by atoms with van der Waals surface area (Å²) < 4.78 is 7.01. The molecule has 0 saturated heterocycles. The molecule has 1 unspecified atom stereocenters.